The second-order valence-electron chi connectivity index (χ2n) is 6.47. The number of benzene rings is 2. The number of Topliss-reactive ketones (excluding diaryl/α,β-unsaturated/α-hetero) is 2. The molecule has 142 valence electrons. The van der Waals surface area contributed by atoms with Crippen molar-refractivity contribution in [2.45, 2.75) is 24.0 Å². The van der Waals surface area contributed by atoms with Crippen LogP contribution in [0.5, 0.6) is 0 Å². The molecule has 2 fully saturated rings. The minimum Gasteiger partial charge on any atom is -0.451 e. The number of carbonyl (C=O) groups is 4. The number of hydrogen-bond donors (Lipinski definition) is 0. The molecule has 28 heavy (non-hydrogen) atoms. The number of ketones is 2. The van der Waals surface area contributed by atoms with E-state index in [1.54, 1.807) is 48.5 Å². The highest BCUT2D eigenvalue weighted by atomic mass is 35.5. The Bertz CT molecular complexity index is 936. The molecule has 0 spiro atoms. The first-order valence-corrected chi connectivity index (χ1v) is 9.14. The molecule has 0 saturated carbocycles. The van der Waals surface area contributed by atoms with Gasteiger partial charge >= 0.3 is 11.9 Å². The topological polar surface area (TPSA) is 86.7 Å². The van der Waals surface area contributed by atoms with E-state index in [1.165, 1.54) is 0 Å². The fraction of sp³-hybridized carbons (Fsp3) is 0.200. The molecule has 0 bridgehead atoms. The average molecular weight is 419 g/mol. The number of carbonyl (C=O) groups excluding carboxylic acids is 4. The van der Waals surface area contributed by atoms with Crippen molar-refractivity contribution in [3.8, 4) is 0 Å². The summed E-state index contributed by atoms with van der Waals surface area (Å²) in [6.45, 7) is 0. The van der Waals surface area contributed by atoms with Gasteiger partial charge in [0, 0.05) is 10.0 Å². The van der Waals surface area contributed by atoms with Gasteiger partial charge in [0.05, 0.1) is 11.8 Å². The van der Waals surface area contributed by atoms with Gasteiger partial charge in [0.1, 0.15) is 0 Å². The van der Waals surface area contributed by atoms with E-state index in [1.807, 2.05) is 0 Å². The van der Waals surface area contributed by atoms with Crippen LogP contribution in [0.1, 0.15) is 23.0 Å². The minimum atomic E-state index is -1.20. The molecule has 6 nitrogen and oxygen atoms in total. The zero-order chi connectivity index (χ0) is 20.0. The van der Waals surface area contributed by atoms with Crippen molar-refractivity contribution < 1.29 is 28.7 Å². The van der Waals surface area contributed by atoms with Gasteiger partial charge in [0.25, 0.3) is 11.6 Å². The molecule has 8 heteroatoms. The number of ether oxygens (including phenoxy) is 2. The van der Waals surface area contributed by atoms with Crippen molar-refractivity contribution in [3.05, 3.63) is 69.7 Å². The summed E-state index contributed by atoms with van der Waals surface area (Å²) in [5, 5.41) is 0.517. The molecule has 0 unspecified atom stereocenters. The Kier molecular flexibility index (Phi) is 4.69. The van der Waals surface area contributed by atoms with Crippen LogP contribution in [0.2, 0.25) is 10.0 Å². The first-order valence-electron chi connectivity index (χ1n) is 8.38. The maximum atomic E-state index is 12.5. The first kappa shape index (κ1) is 18.7. The molecule has 2 aromatic carbocycles. The van der Waals surface area contributed by atoms with Crippen LogP contribution in [0.3, 0.4) is 0 Å². The summed E-state index contributed by atoms with van der Waals surface area (Å²) in [5.41, 5.74) is 0.719. The van der Waals surface area contributed by atoms with Gasteiger partial charge in [-0.25, -0.2) is 9.59 Å². The van der Waals surface area contributed by atoms with Gasteiger partial charge in [0.15, 0.2) is 12.2 Å². The summed E-state index contributed by atoms with van der Waals surface area (Å²) in [6.07, 6.45) is -2.40. The third kappa shape index (κ3) is 2.89. The molecule has 0 aliphatic carbocycles. The maximum absolute atomic E-state index is 12.5. The van der Waals surface area contributed by atoms with Crippen molar-refractivity contribution in [1.29, 1.82) is 0 Å². The zero-order valence-corrected chi connectivity index (χ0v) is 15.6. The lowest BCUT2D eigenvalue weighted by Crippen LogP contribution is -2.36. The number of rotatable bonds is 3. The number of hydrogen-bond acceptors (Lipinski definition) is 6. The normalized spacial score (nSPS) is 27.1. The molecule has 2 aliphatic heterocycles. The Labute approximate surface area is 169 Å². The van der Waals surface area contributed by atoms with Crippen molar-refractivity contribution in [2.24, 2.45) is 0 Å². The summed E-state index contributed by atoms with van der Waals surface area (Å²) in [4.78, 5) is 49.1. The van der Waals surface area contributed by atoms with Gasteiger partial charge in [-0.05, 0) is 23.3 Å². The summed E-state index contributed by atoms with van der Waals surface area (Å²) >= 11 is 12.4. The van der Waals surface area contributed by atoms with Crippen LogP contribution in [0.4, 0.5) is 0 Å². The highest BCUT2D eigenvalue weighted by molar-refractivity contribution is 6.40. The maximum Gasteiger partial charge on any atom is 0.375 e. The number of cyclic esters (lactones) is 2. The van der Waals surface area contributed by atoms with Gasteiger partial charge in [-0.3, -0.25) is 9.59 Å². The van der Waals surface area contributed by atoms with Crippen molar-refractivity contribution in [1.82, 2.24) is 0 Å². The lowest BCUT2D eigenvalue weighted by Gasteiger charge is -2.26. The molecule has 2 aliphatic rings. The molecule has 0 N–H and O–H groups in total. The molecular formula is C20H12Cl2O6. The van der Waals surface area contributed by atoms with E-state index >= 15 is 0 Å². The van der Waals surface area contributed by atoms with Gasteiger partial charge < -0.3 is 9.47 Å². The number of halogens is 2. The predicted octanol–water partition coefficient (Wildman–Crippen LogP) is 2.85. The van der Waals surface area contributed by atoms with Crippen LogP contribution < -0.4 is 0 Å². The second kappa shape index (κ2) is 7.04. The fourth-order valence-electron chi connectivity index (χ4n) is 3.66. The molecule has 4 atom stereocenters. The van der Waals surface area contributed by atoms with Crippen molar-refractivity contribution in [2.75, 3.05) is 0 Å². The lowest BCUT2D eigenvalue weighted by atomic mass is 9.81. The minimum absolute atomic E-state index is 0.258. The van der Waals surface area contributed by atoms with Gasteiger partial charge in [-0.2, -0.15) is 0 Å². The van der Waals surface area contributed by atoms with E-state index in [0.717, 1.165) is 0 Å². The van der Waals surface area contributed by atoms with Gasteiger partial charge in [-0.1, -0.05) is 59.6 Å². The zero-order valence-electron chi connectivity index (χ0n) is 14.1. The average Bonchev–Trinajstić information content (AvgIpc) is 3.13. The largest absolute Gasteiger partial charge is 0.451 e. The highest BCUT2D eigenvalue weighted by Crippen LogP contribution is 2.43. The van der Waals surface area contributed by atoms with E-state index in [9.17, 15) is 19.2 Å². The Balaban J connectivity index is 1.81. The fourth-order valence-corrected chi connectivity index (χ4v) is 4.16. The molecular weight excluding hydrogens is 407 g/mol. The summed E-state index contributed by atoms with van der Waals surface area (Å²) in [6, 6.07) is 13.0. The van der Waals surface area contributed by atoms with E-state index in [-0.39, 0.29) is 10.0 Å². The molecule has 2 heterocycles. The second-order valence-corrected chi connectivity index (χ2v) is 7.28. The Morgan fingerprint density at radius 2 is 0.964 bits per heavy atom. The standard InChI is InChI=1S/C20H12Cl2O6/c21-11-7-3-1-5-9(11)13-15(23)19(25)27-17(13)18-14(16(24)20(26)28-18)10-6-2-4-8-12(10)22/h1-8,13-14,17-18H/t13-,14+,17+,18-. The molecule has 0 amide bonds. The van der Waals surface area contributed by atoms with Gasteiger partial charge in [-0.15, -0.1) is 0 Å². The van der Waals surface area contributed by atoms with E-state index < -0.39 is 47.5 Å². The molecule has 0 aromatic heterocycles. The summed E-state index contributed by atoms with van der Waals surface area (Å²) in [7, 11) is 0. The van der Waals surface area contributed by atoms with E-state index in [0.29, 0.717) is 11.1 Å². The molecule has 2 aromatic rings. The van der Waals surface area contributed by atoms with Crippen molar-refractivity contribution >= 4 is 46.7 Å². The third-order valence-corrected chi connectivity index (χ3v) is 5.60. The Morgan fingerprint density at radius 1 is 0.607 bits per heavy atom. The van der Waals surface area contributed by atoms with Crippen LogP contribution in [0.15, 0.2) is 48.5 Å². The summed E-state index contributed by atoms with van der Waals surface area (Å²) < 4.78 is 10.5. The van der Waals surface area contributed by atoms with E-state index in [2.05, 4.69) is 0 Å². The van der Waals surface area contributed by atoms with Crippen LogP contribution in [-0.2, 0) is 28.7 Å². The van der Waals surface area contributed by atoms with Gasteiger partial charge in [0.2, 0.25) is 0 Å². The molecule has 0 radical (unpaired) electrons. The monoisotopic (exact) mass is 418 g/mol. The van der Waals surface area contributed by atoms with Crippen LogP contribution in [-0.4, -0.2) is 35.7 Å². The van der Waals surface area contributed by atoms with Crippen molar-refractivity contribution in [3.63, 3.8) is 0 Å². The molecule has 4 rings (SSSR count). The van der Waals surface area contributed by atoms with Crippen LogP contribution in [0.25, 0.3) is 0 Å². The Morgan fingerprint density at radius 3 is 1.32 bits per heavy atom. The van der Waals surface area contributed by atoms with Crippen LogP contribution >= 0.6 is 23.2 Å². The number of esters is 2. The smallest absolute Gasteiger partial charge is 0.375 e. The molecule has 2 saturated heterocycles. The SMILES string of the molecule is O=C1O[C@@H]([C@H]2OC(=O)C(=O)[C@H]2c2ccccc2Cl)[C@@H](c2ccccc2Cl)C1=O. The first-order chi connectivity index (χ1) is 13.4. The highest BCUT2D eigenvalue weighted by Gasteiger charge is 2.57. The third-order valence-electron chi connectivity index (χ3n) is 4.91. The quantitative estimate of drug-likeness (QED) is 0.562. The predicted molar refractivity (Wildman–Crippen MR) is 98.2 cm³/mol. The lowest BCUT2D eigenvalue weighted by molar-refractivity contribution is -0.157. The summed E-state index contributed by atoms with van der Waals surface area (Å²) in [5.74, 6) is -5.96. The van der Waals surface area contributed by atoms with E-state index in [4.69, 9.17) is 32.7 Å². The van der Waals surface area contributed by atoms with Crippen LogP contribution in [0, 0.1) is 0 Å². The Hall–Kier alpha value is -2.70.